The topological polar surface area (TPSA) is 123 Å². The highest BCUT2D eigenvalue weighted by Gasteiger charge is 2.18. The summed E-state index contributed by atoms with van der Waals surface area (Å²) in [6, 6.07) is 10.9. The molecule has 0 saturated carbocycles. The minimum absolute atomic E-state index is 0.00271. The number of aromatic nitrogens is 7. The smallest absolute Gasteiger partial charge is 0.284 e. The Bertz CT molecular complexity index is 1520. The van der Waals surface area contributed by atoms with Gasteiger partial charge in [-0.1, -0.05) is 10.4 Å². The van der Waals surface area contributed by atoms with Crippen LogP contribution in [-0.2, 0) is 6.54 Å². The van der Waals surface area contributed by atoms with Gasteiger partial charge in [-0.25, -0.2) is 9.37 Å². The van der Waals surface area contributed by atoms with Crippen LogP contribution in [0.2, 0.25) is 0 Å². The van der Waals surface area contributed by atoms with Gasteiger partial charge in [-0.2, -0.15) is 9.67 Å². The zero-order valence-corrected chi connectivity index (χ0v) is 16.2. The SMILES string of the molecule is O=c1c2nnn(-c3ccc(F)cc3)c2ncn1Cc1nc(-c2ccc3c(c2)OCO3)no1. The van der Waals surface area contributed by atoms with E-state index in [4.69, 9.17) is 14.0 Å². The van der Waals surface area contributed by atoms with Crippen molar-refractivity contribution in [2.45, 2.75) is 6.54 Å². The molecule has 5 aromatic rings. The number of hydrogen-bond donors (Lipinski definition) is 0. The minimum Gasteiger partial charge on any atom is -0.454 e. The van der Waals surface area contributed by atoms with Crippen molar-refractivity contribution in [2.24, 2.45) is 0 Å². The lowest BCUT2D eigenvalue weighted by Gasteiger charge is -2.03. The van der Waals surface area contributed by atoms with E-state index in [2.05, 4.69) is 25.4 Å². The van der Waals surface area contributed by atoms with Crippen LogP contribution in [0.15, 0.2) is 58.1 Å². The second-order valence-corrected chi connectivity index (χ2v) is 6.91. The van der Waals surface area contributed by atoms with Gasteiger partial charge in [-0.15, -0.1) is 5.10 Å². The van der Waals surface area contributed by atoms with Gasteiger partial charge < -0.3 is 14.0 Å². The molecule has 4 heterocycles. The first-order valence-corrected chi connectivity index (χ1v) is 9.45. The van der Waals surface area contributed by atoms with Gasteiger partial charge in [-0.3, -0.25) is 9.36 Å². The highest BCUT2D eigenvalue weighted by molar-refractivity contribution is 5.70. The Kier molecular flexibility index (Phi) is 3.96. The van der Waals surface area contributed by atoms with Crippen LogP contribution in [0.1, 0.15) is 5.89 Å². The standard InChI is InChI=1S/C20H12FN7O4/c21-12-2-4-13(5-3-12)28-19-17(24-26-28)20(29)27(9-22-19)8-16-23-18(25-32-16)11-1-6-14-15(7-11)31-10-30-14/h1-7,9H,8,10H2. The monoisotopic (exact) mass is 433 g/mol. The molecule has 32 heavy (non-hydrogen) atoms. The third-order valence-electron chi connectivity index (χ3n) is 4.91. The first-order valence-electron chi connectivity index (χ1n) is 9.45. The Morgan fingerprint density at radius 3 is 2.78 bits per heavy atom. The van der Waals surface area contributed by atoms with Gasteiger partial charge in [0.05, 0.1) is 5.69 Å². The molecule has 12 heteroatoms. The number of benzene rings is 2. The first-order chi connectivity index (χ1) is 15.7. The third-order valence-corrected chi connectivity index (χ3v) is 4.91. The summed E-state index contributed by atoms with van der Waals surface area (Å²) in [5, 5.41) is 11.9. The Hall–Kier alpha value is -4.61. The molecule has 0 saturated heterocycles. The molecular weight excluding hydrogens is 421 g/mol. The van der Waals surface area contributed by atoms with E-state index >= 15 is 0 Å². The molecule has 158 valence electrons. The molecule has 0 bridgehead atoms. The predicted molar refractivity (Wildman–Crippen MR) is 106 cm³/mol. The van der Waals surface area contributed by atoms with E-state index in [1.54, 1.807) is 18.2 Å². The largest absolute Gasteiger partial charge is 0.454 e. The quantitative estimate of drug-likeness (QED) is 0.418. The summed E-state index contributed by atoms with van der Waals surface area (Å²) >= 11 is 0. The van der Waals surface area contributed by atoms with Gasteiger partial charge >= 0.3 is 0 Å². The lowest BCUT2D eigenvalue weighted by atomic mass is 10.2. The van der Waals surface area contributed by atoms with E-state index < -0.39 is 5.56 Å². The van der Waals surface area contributed by atoms with Crippen LogP contribution in [-0.4, -0.2) is 41.5 Å². The van der Waals surface area contributed by atoms with Gasteiger partial charge in [0.15, 0.2) is 22.7 Å². The normalized spacial score (nSPS) is 12.5. The number of nitrogens with zero attached hydrogens (tertiary/aromatic N) is 7. The summed E-state index contributed by atoms with van der Waals surface area (Å²) in [7, 11) is 0. The Morgan fingerprint density at radius 1 is 1.06 bits per heavy atom. The van der Waals surface area contributed by atoms with Gasteiger partial charge in [0, 0.05) is 5.56 Å². The van der Waals surface area contributed by atoms with Gasteiger partial charge in [0.2, 0.25) is 18.5 Å². The minimum atomic E-state index is -0.425. The van der Waals surface area contributed by atoms with Crippen LogP contribution >= 0.6 is 0 Å². The summed E-state index contributed by atoms with van der Waals surface area (Å²) in [5.41, 5.74) is 1.11. The van der Waals surface area contributed by atoms with Crippen molar-refractivity contribution in [3.8, 4) is 28.6 Å². The summed E-state index contributed by atoms with van der Waals surface area (Å²) < 4.78 is 31.8. The summed E-state index contributed by atoms with van der Waals surface area (Å²) in [5.74, 6) is 1.43. The maximum absolute atomic E-state index is 13.2. The molecule has 0 unspecified atom stereocenters. The van der Waals surface area contributed by atoms with E-state index in [0.29, 0.717) is 28.6 Å². The van der Waals surface area contributed by atoms with Crippen LogP contribution in [0.3, 0.4) is 0 Å². The molecule has 6 rings (SSSR count). The van der Waals surface area contributed by atoms with Crippen molar-refractivity contribution >= 4 is 11.2 Å². The molecule has 1 aliphatic rings. The maximum Gasteiger partial charge on any atom is 0.284 e. The molecule has 3 aromatic heterocycles. The molecule has 0 N–H and O–H groups in total. The van der Waals surface area contributed by atoms with Crippen molar-refractivity contribution < 1.29 is 18.4 Å². The molecule has 0 radical (unpaired) electrons. The van der Waals surface area contributed by atoms with Gasteiger partial charge in [-0.05, 0) is 42.5 Å². The van der Waals surface area contributed by atoms with Gasteiger partial charge in [0.1, 0.15) is 18.7 Å². The second kappa shape index (κ2) is 6.97. The molecular formula is C20H12FN7O4. The second-order valence-electron chi connectivity index (χ2n) is 6.91. The average molecular weight is 433 g/mol. The van der Waals surface area contributed by atoms with Crippen LogP contribution in [0, 0.1) is 5.82 Å². The number of hydrogen-bond acceptors (Lipinski definition) is 9. The van der Waals surface area contributed by atoms with Crippen molar-refractivity contribution in [1.82, 2.24) is 34.7 Å². The van der Waals surface area contributed by atoms with Crippen molar-refractivity contribution in [2.75, 3.05) is 6.79 Å². The van der Waals surface area contributed by atoms with E-state index in [0.717, 1.165) is 0 Å². The molecule has 0 spiro atoms. The van der Waals surface area contributed by atoms with Gasteiger partial charge in [0.25, 0.3) is 5.56 Å². The van der Waals surface area contributed by atoms with E-state index in [9.17, 15) is 9.18 Å². The lowest BCUT2D eigenvalue weighted by molar-refractivity contribution is 0.174. The number of ether oxygens (including phenoxy) is 2. The highest BCUT2D eigenvalue weighted by atomic mass is 19.1. The van der Waals surface area contributed by atoms with E-state index in [-0.39, 0.29) is 36.2 Å². The van der Waals surface area contributed by atoms with Crippen LogP contribution < -0.4 is 15.0 Å². The molecule has 0 amide bonds. The van der Waals surface area contributed by atoms with Crippen LogP contribution in [0.5, 0.6) is 11.5 Å². The average Bonchev–Trinajstić information content (AvgIpc) is 3.55. The Labute approximate surface area is 177 Å². The van der Waals surface area contributed by atoms with E-state index in [1.807, 2.05) is 0 Å². The number of rotatable bonds is 4. The number of fused-ring (bicyclic) bond motifs is 2. The van der Waals surface area contributed by atoms with Crippen molar-refractivity contribution in [1.29, 1.82) is 0 Å². The molecule has 0 fully saturated rings. The molecule has 2 aromatic carbocycles. The van der Waals surface area contributed by atoms with Crippen molar-refractivity contribution in [3.05, 3.63) is 70.9 Å². The maximum atomic E-state index is 13.2. The summed E-state index contributed by atoms with van der Waals surface area (Å²) in [6.07, 6.45) is 1.35. The lowest BCUT2D eigenvalue weighted by Crippen LogP contribution is -2.21. The number of halogens is 1. The predicted octanol–water partition coefficient (Wildman–Crippen LogP) is 1.94. The molecule has 0 aliphatic carbocycles. The fourth-order valence-corrected chi connectivity index (χ4v) is 3.33. The molecule has 11 nitrogen and oxygen atoms in total. The molecule has 1 aliphatic heterocycles. The fourth-order valence-electron chi connectivity index (χ4n) is 3.33. The Morgan fingerprint density at radius 2 is 1.91 bits per heavy atom. The fraction of sp³-hybridized carbons (Fsp3) is 0.100. The third kappa shape index (κ3) is 2.96. The first kappa shape index (κ1) is 18.2. The Balaban J connectivity index is 1.30. The molecule has 0 atom stereocenters. The van der Waals surface area contributed by atoms with Crippen molar-refractivity contribution in [3.63, 3.8) is 0 Å². The van der Waals surface area contributed by atoms with Crippen LogP contribution in [0.4, 0.5) is 4.39 Å². The highest BCUT2D eigenvalue weighted by Crippen LogP contribution is 2.35. The zero-order chi connectivity index (χ0) is 21.7. The zero-order valence-electron chi connectivity index (χ0n) is 16.2. The summed E-state index contributed by atoms with van der Waals surface area (Å²) in [4.78, 5) is 21.5. The van der Waals surface area contributed by atoms with E-state index in [1.165, 1.54) is 39.8 Å². The van der Waals surface area contributed by atoms with Crippen LogP contribution in [0.25, 0.3) is 28.2 Å². The summed E-state index contributed by atoms with van der Waals surface area (Å²) in [6.45, 7) is 0.170.